The molecule has 0 spiro atoms. The van der Waals surface area contributed by atoms with Gasteiger partial charge in [-0.3, -0.25) is 14.9 Å². The zero-order valence-electron chi connectivity index (χ0n) is 15.7. The first-order valence-electron chi connectivity index (χ1n) is 9.01. The molecule has 1 amide bonds. The number of non-ortho nitro benzene ring substituents is 1. The van der Waals surface area contributed by atoms with Crippen LogP contribution >= 0.6 is 11.3 Å². The molecular weight excluding hydrogens is 382 g/mol. The van der Waals surface area contributed by atoms with Gasteiger partial charge >= 0.3 is 5.97 Å². The van der Waals surface area contributed by atoms with Gasteiger partial charge < -0.3 is 15.4 Å². The summed E-state index contributed by atoms with van der Waals surface area (Å²) in [6.45, 7) is 3.73. The van der Waals surface area contributed by atoms with Crippen molar-refractivity contribution in [3.8, 4) is 0 Å². The highest BCUT2D eigenvalue weighted by Crippen LogP contribution is 2.39. The molecule has 1 aromatic carbocycles. The quantitative estimate of drug-likeness (QED) is 0.414. The van der Waals surface area contributed by atoms with Gasteiger partial charge in [0.25, 0.3) is 5.69 Å². The van der Waals surface area contributed by atoms with Crippen molar-refractivity contribution < 1.29 is 19.2 Å². The number of nitro groups is 1. The molecule has 9 heteroatoms. The molecule has 1 aliphatic rings. The molecule has 2 N–H and O–H groups in total. The van der Waals surface area contributed by atoms with Gasteiger partial charge in [0.1, 0.15) is 5.00 Å². The molecule has 2 aromatic rings. The normalized spacial score (nSPS) is 12.4. The van der Waals surface area contributed by atoms with E-state index >= 15 is 0 Å². The third kappa shape index (κ3) is 4.14. The summed E-state index contributed by atoms with van der Waals surface area (Å²) in [5, 5.41) is 17.1. The number of fused-ring (bicyclic) bond motifs is 1. The highest BCUT2D eigenvalue weighted by molar-refractivity contribution is 7.17. The Labute approximate surface area is 166 Å². The molecule has 0 bridgehead atoms. The molecule has 0 atom stereocenters. The van der Waals surface area contributed by atoms with Gasteiger partial charge in [-0.15, -0.1) is 11.3 Å². The lowest BCUT2D eigenvalue weighted by Crippen LogP contribution is -2.23. The number of nitrogens with one attached hydrogen (secondary N) is 2. The fourth-order valence-corrected chi connectivity index (χ4v) is 4.47. The number of carbonyl (C=O) groups excluding carboxylic acids is 2. The van der Waals surface area contributed by atoms with Gasteiger partial charge in [-0.25, -0.2) is 4.79 Å². The molecule has 0 fully saturated rings. The number of thiophene rings is 1. The number of anilines is 2. The van der Waals surface area contributed by atoms with Gasteiger partial charge in [0, 0.05) is 22.7 Å². The van der Waals surface area contributed by atoms with E-state index in [9.17, 15) is 19.7 Å². The van der Waals surface area contributed by atoms with E-state index in [1.54, 1.807) is 19.9 Å². The van der Waals surface area contributed by atoms with E-state index in [1.165, 1.54) is 23.5 Å². The Morgan fingerprint density at radius 3 is 2.82 bits per heavy atom. The van der Waals surface area contributed by atoms with Gasteiger partial charge in [-0.2, -0.15) is 0 Å². The topological polar surface area (TPSA) is 111 Å². The van der Waals surface area contributed by atoms with Crippen LogP contribution in [0.4, 0.5) is 16.4 Å². The van der Waals surface area contributed by atoms with Crippen molar-refractivity contribution in [1.29, 1.82) is 0 Å². The molecule has 0 saturated carbocycles. The molecule has 1 aliphatic carbocycles. The average Bonchev–Trinajstić information content (AvgIpc) is 3.21. The number of esters is 1. The number of hydrogen-bond donors (Lipinski definition) is 2. The standard InChI is InChI=1S/C19H21N3O5S/c1-3-27-19(24)17-13-5-4-6-15(13)28-18(17)21-16(23)10-20-14-9-12(22(25)26)8-7-11(14)2/h7-9,20H,3-6,10H2,1-2H3,(H,21,23). The van der Waals surface area contributed by atoms with Crippen LogP contribution in [0.2, 0.25) is 0 Å². The van der Waals surface area contributed by atoms with E-state index in [0.29, 0.717) is 16.3 Å². The second kappa shape index (κ2) is 8.39. The Morgan fingerprint density at radius 1 is 1.32 bits per heavy atom. The third-order valence-electron chi connectivity index (χ3n) is 4.53. The first kappa shape index (κ1) is 19.8. The molecule has 1 aromatic heterocycles. The number of hydrogen-bond acceptors (Lipinski definition) is 7. The number of benzene rings is 1. The fraction of sp³-hybridized carbons (Fsp3) is 0.368. The smallest absolute Gasteiger partial charge is 0.341 e. The molecule has 148 valence electrons. The number of nitro benzene ring substituents is 1. The van der Waals surface area contributed by atoms with Crippen LogP contribution in [0.25, 0.3) is 0 Å². The fourth-order valence-electron chi connectivity index (χ4n) is 3.17. The predicted octanol–water partition coefficient (Wildman–Crippen LogP) is 3.68. The van der Waals surface area contributed by atoms with Crippen LogP contribution in [0.3, 0.4) is 0 Å². The number of nitrogens with zero attached hydrogens (tertiary/aromatic N) is 1. The third-order valence-corrected chi connectivity index (χ3v) is 5.73. The van der Waals surface area contributed by atoms with Crippen LogP contribution in [0, 0.1) is 17.0 Å². The Morgan fingerprint density at radius 2 is 2.11 bits per heavy atom. The summed E-state index contributed by atoms with van der Waals surface area (Å²) in [6.07, 6.45) is 2.70. The maximum absolute atomic E-state index is 12.4. The van der Waals surface area contributed by atoms with Crippen LogP contribution in [0.15, 0.2) is 18.2 Å². The molecule has 28 heavy (non-hydrogen) atoms. The Bertz CT molecular complexity index is 938. The zero-order chi connectivity index (χ0) is 20.3. The predicted molar refractivity (Wildman–Crippen MR) is 107 cm³/mol. The van der Waals surface area contributed by atoms with Crippen LogP contribution in [0.1, 0.15) is 39.7 Å². The highest BCUT2D eigenvalue weighted by Gasteiger charge is 2.28. The van der Waals surface area contributed by atoms with Gasteiger partial charge in [0.05, 0.1) is 23.6 Å². The molecule has 0 aliphatic heterocycles. The van der Waals surface area contributed by atoms with Gasteiger partial charge in [0.2, 0.25) is 5.91 Å². The van der Waals surface area contributed by atoms with Crippen LogP contribution in [0.5, 0.6) is 0 Å². The number of ether oxygens (including phenoxy) is 1. The summed E-state index contributed by atoms with van der Waals surface area (Å²) in [5.74, 6) is -0.754. The average molecular weight is 403 g/mol. The minimum Gasteiger partial charge on any atom is -0.462 e. The maximum Gasteiger partial charge on any atom is 0.341 e. The first-order chi connectivity index (χ1) is 13.4. The lowest BCUT2D eigenvalue weighted by Gasteiger charge is -2.11. The summed E-state index contributed by atoms with van der Waals surface area (Å²) in [4.78, 5) is 36.3. The lowest BCUT2D eigenvalue weighted by molar-refractivity contribution is -0.384. The molecule has 3 rings (SSSR count). The van der Waals surface area contributed by atoms with E-state index in [0.717, 1.165) is 35.3 Å². The molecule has 8 nitrogen and oxygen atoms in total. The van der Waals surface area contributed by atoms with Crippen molar-refractivity contribution in [2.75, 3.05) is 23.8 Å². The van der Waals surface area contributed by atoms with Gasteiger partial charge in [0.15, 0.2) is 0 Å². The monoisotopic (exact) mass is 403 g/mol. The SMILES string of the molecule is CCOC(=O)c1c(NC(=O)CNc2cc([N+](=O)[O-])ccc2C)sc2c1CCC2. The first-order valence-corrected chi connectivity index (χ1v) is 9.82. The van der Waals surface area contributed by atoms with Crippen molar-refractivity contribution in [2.45, 2.75) is 33.1 Å². The molecule has 0 unspecified atom stereocenters. The Balaban J connectivity index is 1.72. The molecule has 1 heterocycles. The van der Waals surface area contributed by atoms with Crippen molar-refractivity contribution >= 4 is 39.6 Å². The van der Waals surface area contributed by atoms with E-state index in [2.05, 4.69) is 10.6 Å². The number of aryl methyl sites for hydroxylation is 2. The zero-order valence-corrected chi connectivity index (χ0v) is 16.5. The molecule has 0 saturated heterocycles. The van der Waals surface area contributed by atoms with E-state index in [4.69, 9.17) is 4.74 Å². The molecule has 0 radical (unpaired) electrons. The van der Waals surface area contributed by atoms with Crippen LogP contribution in [-0.2, 0) is 22.4 Å². The minimum absolute atomic E-state index is 0.0483. The van der Waals surface area contributed by atoms with Crippen molar-refractivity contribution in [1.82, 2.24) is 0 Å². The van der Waals surface area contributed by atoms with E-state index in [-0.39, 0.29) is 24.7 Å². The Kier molecular flexibility index (Phi) is 5.93. The lowest BCUT2D eigenvalue weighted by atomic mass is 10.1. The van der Waals surface area contributed by atoms with Gasteiger partial charge in [-0.1, -0.05) is 6.07 Å². The maximum atomic E-state index is 12.4. The van der Waals surface area contributed by atoms with Crippen LogP contribution in [-0.4, -0.2) is 30.0 Å². The summed E-state index contributed by atoms with van der Waals surface area (Å²) >= 11 is 1.41. The summed E-state index contributed by atoms with van der Waals surface area (Å²) in [7, 11) is 0. The summed E-state index contributed by atoms with van der Waals surface area (Å²) in [6, 6.07) is 4.44. The van der Waals surface area contributed by atoms with E-state index in [1.807, 2.05) is 0 Å². The largest absolute Gasteiger partial charge is 0.462 e. The minimum atomic E-state index is -0.483. The number of amides is 1. The number of carbonyl (C=O) groups is 2. The van der Waals surface area contributed by atoms with E-state index < -0.39 is 10.9 Å². The molecular formula is C19H21N3O5S. The summed E-state index contributed by atoms with van der Waals surface area (Å²) in [5.41, 5.74) is 2.69. The second-order valence-electron chi connectivity index (χ2n) is 6.44. The number of rotatable bonds is 7. The highest BCUT2D eigenvalue weighted by atomic mass is 32.1. The second-order valence-corrected chi connectivity index (χ2v) is 7.55. The van der Waals surface area contributed by atoms with Crippen molar-refractivity contribution in [2.24, 2.45) is 0 Å². The van der Waals surface area contributed by atoms with Gasteiger partial charge in [-0.05, 0) is 44.2 Å². The van der Waals surface area contributed by atoms with Crippen LogP contribution < -0.4 is 10.6 Å². The van der Waals surface area contributed by atoms with Crippen molar-refractivity contribution in [3.63, 3.8) is 0 Å². The summed E-state index contributed by atoms with van der Waals surface area (Å²) < 4.78 is 5.15. The van der Waals surface area contributed by atoms with Crippen molar-refractivity contribution in [3.05, 3.63) is 49.9 Å². The Hall–Kier alpha value is -2.94.